The summed E-state index contributed by atoms with van der Waals surface area (Å²) in [6.45, 7) is 0. The molecule has 2 rings (SSSR count). The Morgan fingerprint density at radius 1 is 1.16 bits per heavy atom. The molecule has 0 heterocycles. The predicted octanol–water partition coefficient (Wildman–Crippen LogP) is 1.52. The zero-order valence-corrected chi connectivity index (χ0v) is 11.9. The van der Waals surface area contributed by atoms with E-state index in [1.165, 1.54) is 23.5 Å². The van der Waals surface area contributed by atoms with E-state index in [1.54, 1.807) is 0 Å². The Labute approximate surface area is 112 Å². The second kappa shape index (κ2) is 4.84. The first-order valence-electron chi connectivity index (χ1n) is 5.76. The number of sulfonamides is 1. The Morgan fingerprint density at radius 3 is 2.21 bits per heavy atom. The number of halogens is 1. The lowest BCUT2D eigenvalue weighted by Gasteiger charge is -2.33. The second-order valence-electron chi connectivity index (χ2n) is 4.52. The molecule has 19 heavy (non-hydrogen) atoms. The van der Waals surface area contributed by atoms with Gasteiger partial charge < -0.3 is 0 Å². The summed E-state index contributed by atoms with van der Waals surface area (Å²) in [7, 11) is -7.23. The zero-order chi connectivity index (χ0) is 14.3. The number of rotatable bonds is 4. The molecular formula is C11H14FNO4S2. The fourth-order valence-corrected chi connectivity index (χ4v) is 3.94. The Hall–Kier alpha value is -0.990. The van der Waals surface area contributed by atoms with Crippen LogP contribution in [0.1, 0.15) is 19.3 Å². The van der Waals surface area contributed by atoms with E-state index in [-0.39, 0.29) is 10.9 Å². The quantitative estimate of drug-likeness (QED) is 0.791. The molecule has 8 heteroatoms. The summed E-state index contributed by atoms with van der Waals surface area (Å²) in [5.41, 5.74) is 0. The van der Waals surface area contributed by atoms with Gasteiger partial charge >= 0.3 is 10.2 Å². The molecule has 0 amide bonds. The Balaban J connectivity index is 2.40. The minimum atomic E-state index is -4.91. The third kappa shape index (κ3) is 2.80. The molecule has 0 N–H and O–H groups in total. The summed E-state index contributed by atoms with van der Waals surface area (Å²) in [5, 5.41) is 0. The van der Waals surface area contributed by atoms with Crippen molar-refractivity contribution in [2.24, 2.45) is 0 Å². The predicted molar refractivity (Wildman–Crippen MR) is 67.3 cm³/mol. The molecule has 0 aliphatic heterocycles. The van der Waals surface area contributed by atoms with Gasteiger partial charge in [0, 0.05) is 13.1 Å². The van der Waals surface area contributed by atoms with Crippen molar-refractivity contribution in [1.29, 1.82) is 0 Å². The van der Waals surface area contributed by atoms with Crippen LogP contribution in [0, 0.1) is 0 Å². The van der Waals surface area contributed by atoms with Gasteiger partial charge in [0.25, 0.3) is 0 Å². The first kappa shape index (κ1) is 14.4. The zero-order valence-electron chi connectivity index (χ0n) is 10.3. The molecule has 1 aromatic carbocycles. The highest BCUT2D eigenvalue weighted by Gasteiger charge is 2.32. The third-order valence-corrected chi connectivity index (χ3v) is 6.08. The van der Waals surface area contributed by atoms with Crippen molar-refractivity contribution in [1.82, 2.24) is 4.31 Å². The topological polar surface area (TPSA) is 71.5 Å². The van der Waals surface area contributed by atoms with Crippen LogP contribution in [0.15, 0.2) is 34.1 Å². The van der Waals surface area contributed by atoms with Gasteiger partial charge in [-0.2, -0.15) is 12.7 Å². The van der Waals surface area contributed by atoms with Gasteiger partial charge in [0.15, 0.2) is 0 Å². The highest BCUT2D eigenvalue weighted by molar-refractivity contribution is 7.89. The van der Waals surface area contributed by atoms with Gasteiger partial charge in [-0.25, -0.2) is 8.42 Å². The smallest absolute Gasteiger partial charge is 0.207 e. The van der Waals surface area contributed by atoms with Crippen LogP contribution in [0.5, 0.6) is 0 Å². The van der Waals surface area contributed by atoms with Crippen LogP contribution in [0.4, 0.5) is 3.89 Å². The molecule has 1 saturated carbocycles. The van der Waals surface area contributed by atoms with E-state index in [0.717, 1.165) is 31.4 Å². The van der Waals surface area contributed by atoms with E-state index in [2.05, 4.69) is 0 Å². The fourth-order valence-electron chi connectivity index (χ4n) is 1.90. The summed E-state index contributed by atoms with van der Waals surface area (Å²) in [6, 6.07) is 4.29. The van der Waals surface area contributed by atoms with Crippen molar-refractivity contribution in [2.75, 3.05) is 7.05 Å². The number of nitrogens with zero attached hydrogens (tertiary/aromatic N) is 1. The average molecular weight is 307 g/mol. The number of hydrogen-bond acceptors (Lipinski definition) is 4. The van der Waals surface area contributed by atoms with E-state index in [4.69, 9.17) is 0 Å². The monoisotopic (exact) mass is 307 g/mol. The van der Waals surface area contributed by atoms with Crippen LogP contribution >= 0.6 is 0 Å². The second-order valence-corrected chi connectivity index (χ2v) is 7.86. The number of hydrogen-bond donors (Lipinski definition) is 0. The molecule has 0 atom stereocenters. The molecule has 0 aromatic heterocycles. The minimum absolute atomic E-state index is 0.0596. The van der Waals surface area contributed by atoms with Crippen LogP contribution in [0.2, 0.25) is 0 Å². The Kier molecular flexibility index (Phi) is 3.67. The standard InChI is InChI=1S/C11H14FNO4S2/c1-13(9-4-2-5-9)19(16,17)11-7-3-6-10(8-11)18(12,14)15/h3,6-9H,2,4-5H2,1H3. The first-order valence-corrected chi connectivity index (χ1v) is 8.58. The summed E-state index contributed by atoms with van der Waals surface area (Å²) >= 11 is 0. The highest BCUT2D eigenvalue weighted by Crippen LogP contribution is 2.29. The van der Waals surface area contributed by atoms with Crippen molar-refractivity contribution < 1.29 is 20.7 Å². The van der Waals surface area contributed by atoms with Gasteiger partial charge in [-0.05, 0) is 31.0 Å². The molecule has 1 aromatic rings. The van der Waals surface area contributed by atoms with Crippen molar-refractivity contribution in [3.05, 3.63) is 24.3 Å². The lowest BCUT2D eigenvalue weighted by atomic mass is 9.94. The summed E-state index contributed by atoms with van der Waals surface area (Å²) < 4.78 is 60.2. The van der Waals surface area contributed by atoms with Crippen molar-refractivity contribution in [3.8, 4) is 0 Å². The SMILES string of the molecule is CN(C1CCC1)S(=O)(=O)c1cccc(S(=O)(=O)F)c1. The minimum Gasteiger partial charge on any atom is -0.207 e. The molecule has 0 radical (unpaired) electrons. The molecule has 1 aliphatic carbocycles. The van der Waals surface area contributed by atoms with Gasteiger partial charge in [-0.15, -0.1) is 3.89 Å². The van der Waals surface area contributed by atoms with E-state index >= 15 is 0 Å². The highest BCUT2D eigenvalue weighted by atomic mass is 32.3. The van der Waals surface area contributed by atoms with E-state index < -0.39 is 25.1 Å². The largest absolute Gasteiger partial charge is 0.332 e. The van der Waals surface area contributed by atoms with E-state index in [9.17, 15) is 20.7 Å². The van der Waals surface area contributed by atoms with Crippen molar-refractivity contribution in [3.63, 3.8) is 0 Å². The summed E-state index contributed by atoms with van der Waals surface area (Å²) in [4.78, 5) is -0.851. The molecule has 5 nitrogen and oxygen atoms in total. The average Bonchev–Trinajstić information content (AvgIpc) is 2.25. The van der Waals surface area contributed by atoms with Gasteiger partial charge in [-0.1, -0.05) is 12.5 Å². The Morgan fingerprint density at radius 2 is 1.74 bits per heavy atom. The molecule has 0 unspecified atom stereocenters. The van der Waals surface area contributed by atoms with E-state index in [0.29, 0.717) is 0 Å². The van der Waals surface area contributed by atoms with Crippen molar-refractivity contribution >= 4 is 20.2 Å². The Bertz CT molecular complexity index is 680. The molecule has 0 saturated heterocycles. The van der Waals surface area contributed by atoms with Crippen LogP contribution < -0.4 is 0 Å². The molecule has 0 spiro atoms. The number of benzene rings is 1. The molecule has 1 aliphatic rings. The van der Waals surface area contributed by atoms with Crippen LogP contribution in [-0.2, 0) is 20.2 Å². The lowest BCUT2D eigenvalue weighted by molar-refractivity contribution is 0.249. The van der Waals surface area contributed by atoms with Crippen molar-refractivity contribution in [2.45, 2.75) is 35.1 Å². The molecular weight excluding hydrogens is 293 g/mol. The third-order valence-electron chi connectivity index (χ3n) is 3.35. The summed E-state index contributed by atoms with van der Waals surface area (Å²) in [6.07, 6.45) is 2.55. The van der Waals surface area contributed by atoms with E-state index in [1.807, 2.05) is 0 Å². The molecule has 0 bridgehead atoms. The van der Waals surface area contributed by atoms with Crippen LogP contribution in [0.3, 0.4) is 0 Å². The maximum absolute atomic E-state index is 12.9. The van der Waals surface area contributed by atoms with Gasteiger partial charge in [0.05, 0.1) is 9.79 Å². The van der Waals surface area contributed by atoms with Gasteiger partial charge in [0.1, 0.15) is 0 Å². The first-order chi connectivity index (χ1) is 8.73. The normalized spacial score (nSPS) is 17.4. The van der Waals surface area contributed by atoms with Gasteiger partial charge in [0.2, 0.25) is 10.0 Å². The lowest BCUT2D eigenvalue weighted by Crippen LogP contribution is -2.41. The summed E-state index contributed by atoms with van der Waals surface area (Å²) in [5.74, 6) is 0. The van der Waals surface area contributed by atoms with Crippen LogP contribution in [-0.4, -0.2) is 34.2 Å². The maximum atomic E-state index is 12.9. The maximum Gasteiger partial charge on any atom is 0.332 e. The van der Waals surface area contributed by atoms with Crippen LogP contribution in [0.25, 0.3) is 0 Å². The molecule has 1 fully saturated rings. The van der Waals surface area contributed by atoms with Gasteiger partial charge in [-0.3, -0.25) is 0 Å². The molecule has 106 valence electrons. The fraction of sp³-hybridized carbons (Fsp3) is 0.455.